The van der Waals surface area contributed by atoms with Crippen molar-refractivity contribution in [1.29, 1.82) is 0 Å². The molecule has 0 aliphatic carbocycles. The van der Waals surface area contributed by atoms with E-state index in [0.29, 0.717) is 11.1 Å². The molecule has 0 aliphatic rings. The fourth-order valence-electron chi connectivity index (χ4n) is 3.12. The number of hydrogen-bond donors (Lipinski definition) is 2. The minimum absolute atomic E-state index is 0.125. The molecular formula is C22H18N2O5. The largest absolute Gasteiger partial charge is 0.479 e. The van der Waals surface area contributed by atoms with Gasteiger partial charge < -0.3 is 10.4 Å². The lowest BCUT2D eigenvalue weighted by atomic mass is 9.90. The minimum atomic E-state index is -1.42. The molecule has 7 nitrogen and oxygen atoms in total. The van der Waals surface area contributed by atoms with Gasteiger partial charge in [-0.2, -0.15) is 0 Å². The lowest BCUT2D eigenvalue weighted by Crippen LogP contribution is -2.37. The Balaban J connectivity index is 1.96. The Morgan fingerprint density at radius 3 is 1.83 bits per heavy atom. The monoisotopic (exact) mass is 390 g/mol. The first kappa shape index (κ1) is 19.8. The number of carboxylic acids is 1. The van der Waals surface area contributed by atoms with Crippen LogP contribution in [0.1, 0.15) is 28.7 Å². The molecule has 0 fully saturated rings. The van der Waals surface area contributed by atoms with Gasteiger partial charge >= 0.3 is 5.97 Å². The van der Waals surface area contributed by atoms with Crippen molar-refractivity contribution >= 4 is 17.6 Å². The van der Waals surface area contributed by atoms with Crippen molar-refractivity contribution in [3.05, 3.63) is 112 Å². The average molecular weight is 390 g/mol. The molecule has 0 aromatic heterocycles. The molecule has 0 aliphatic heterocycles. The van der Waals surface area contributed by atoms with Crippen molar-refractivity contribution in [1.82, 2.24) is 5.32 Å². The Morgan fingerprint density at radius 2 is 1.34 bits per heavy atom. The molecule has 3 aromatic carbocycles. The van der Waals surface area contributed by atoms with E-state index in [9.17, 15) is 24.8 Å². The van der Waals surface area contributed by atoms with Gasteiger partial charge in [-0.3, -0.25) is 14.9 Å². The van der Waals surface area contributed by atoms with Crippen molar-refractivity contribution in [2.24, 2.45) is 0 Å². The smallest absolute Gasteiger partial charge is 0.330 e. The quantitative estimate of drug-likeness (QED) is 0.472. The number of nitrogens with one attached hydrogen (secondary N) is 1. The number of carbonyl (C=O) groups is 2. The number of nitrogens with zero attached hydrogens (tertiary/aromatic N) is 1. The number of benzene rings is 3. The highest BCUT2D eigenvalue weighted by atomic mass is 16.6. The lowest BCUT2D eigenvalue weighted by Gasteiger charge is -2.21. The molecule has 7 heteroatoms. The van der Waals surface area contributed by atoms with Crippen molar-refractivity contribution in [3.8, 4) is 0 Å². The number of carboxylic acid groups (broad SMARTS) is 1. The van der Waals surface area contributed by atoms with E-state index in [0.717, 1.165) is 6.07 Å². The van der Waals surface area contributed by atoms with Crippen LogP contribution in [0.3, 0.4) is 0 Å². The van der Waals surface area contributed by atoms with Crippen LogP contribution in [0.25, 0.3) is 0 Å². The van der Waals surface area contributed by atoms with Crippen molar-refractivity contribution < 1.29 is 19.6 Å². The van der Waals surface area contributed by atoms with E-state index in [1.165, 1.54) is 18.2 Å². The summed E-state index contributed by atoms with van der Waals surface area (Å²) in [6.07, 6.45) is 0. The number of carbonyl (C=O) groups excluding carboxylic acids is 1. The summed E-state index contributed by atoms with van der Waals surface area (Å²) in [7, 11) is 0. The molecular weight excluding hydrogens is 372 g/mol. The number of rotatable bonds is 7. The summed E-state index contributed by atoms with van der Waals surface area (Å²) < 4.78 is 0. The third kappa shape index (κ3) is 4.65. The summed E-state index contributed by atoms with van der Waals surface area (Å²) in [5.74, 6) is -2.54. The first-order valence-electron chi connectivity index (χ1n) is 8.85. The van der Waals surface area contributed by atoms with Gasteiger partial charge in [-0.25, -0.2) is 4.79 Å². The number of nitro benzene ring substituents is 1. The van der Waals surface area contributed by atoms with Crippen LogP contribution in [0.2, 0.25) is 0 Å². The van der Waals surface area contributed by atoms with Gasteiger partial charge in [0.05, 0.1) is 10.8 Å². The zero-order chi connectivity index (χ0) is 20.8. The topological polar surface area (TPSA) is 110 Å². The molecule has 3 aromatic rings. The molecule has 0 spiro atoms. The molecule has 0 saturated carbocycles. The van der Waals surface area contributed by atoms with Gasteiger partial charge in [0.15, 0.2) is 6.04 Å². The Morgan fingerprint density at radius 1 is 0.828 bits per heavy atom. The Kier molecular flexibility index (Phi) is 5.99. The summed E-state index contributed by atoms with van der Waals surface area (Å²) >= 11 is 0. The molecule has 146 valence electrons. The highest BCUT2D eigenvalue weighted by molar-refractivity contribution is 5.91. The van der Waals surface area contributed by atoms with Crippen LogP contribution >= 0.6 is 0 Å². The Hall–Kier alpha value is -4.00. The third-order valence-corrected chi connectivity index (χ3v) is 4.48. The highest BCUT2D eigenvalue weighted by Crippen LogP contribution is 2.27. The van der Waals surface area contributed by atoms with Crippen molar-refractivity contribution in [3.63, 3.8) is 0 Å². The normalized spacial score (nSPS) is 11.6. The second kappa shape index (κ2) is 8.79. The van der Waals surface area contributed by atoms with Gasteiger partial charge in [0.1, 0.15) is 0 Å². The van der Waals surface area contributed by atoms with Crippen LogP contribution in [0.5, 0.6) is 0 Å². The lowest BCUT2D eigenvalue weighted by molar-refractivity contribution is -0.384. The standard InChI is InChI=1S/C22H18N2O5/c25-21(19(15-8-3-1-4-9-15)16-10-5-2-6-11-16)23-20(22(26)27)17-12-7-13-18(14-17)24(28)29/h1-14,19-20H,(H,23,25)(H,26,27)/t20-/m0/s1. The highest BCUT2D eigenvalue weighted by Gasteiger charge is 2.29. The third-order valence-electron chi connectivity index (χ3n) is 4.48. The van der Waals surface area contributed by atoms with E-state index >= 15 is 0 Å². The van der Waals surface area contributed by atoms with Crippen LogP contribution < -0.4 is 5.32 Å². The zero-order valence-electron chi connectivity index (χ0n) is 15.3. The molecule has 2 N–H and O–H groups in total. The first-order valence-corrected chi connectivity index (χ1v) is 8.85. The van der Waals surface area contributed by atoms with E-state index in [2.05, 4.69) is 5.32 Å². The number of aliphatic carboxylic acids is 1. The van der Waals surface area contributed by atoms with E-state index in [-0.39, 0.29) is 11.3 Å². The maximum absolute atomic E-state index is 13.1. The molecule has 0 saturated heterocycles. The molecule has 1 atom stereocenters. The van der Waals surface area contributed by atoms with E-state index < -0.39 is 28.8 Å². The van der Waals surface area contributed by atoms with Gasteiger partial charge in [-0.15, -0.1) is 0 Å². The number of amides is 1. The van der Waals surface area contributed by atoms with Crippen LogP contribution in [-0.4, -0.2) is 21.9 Å². The van der Waals surface area contributed by atoms with E-state index in [1.807, 2.05) is 12.1 Å². The predicted molar refractivity (Wildman–Crippen MR) is 106 cm³/mol. The SMILES string of the molecule is O=C(N[C@H](C(=O)O)c1cccc([N+](=O)[O-])c1)C(c1ccccc1)c1ccccc1. The number of nitro groups is 1. The fourth-order valence-corrected chi connectivity index (χ4v) is 3.12. The molecule has 3 rings (SSSR count). The summed E-state index contributed by atoms with van der Waals surface area (Å²) in [6, 6.07) is 21.8. The van der Waals surface area contributed by atoms with Crippen LogP contribution in [-0.2, 0) is 9.59 Å². The number of non-ortho nitro benzene ring substituents is 1. The molecule has 0 bridgehead atoms. The Bertz CT molecular complexity index is 982. The van der Waals surface area contributed by atoms with Crippen molar-refractivity contribution in [2.45, 2.75) is 12.0 Å². The van der Waals surface area contributed by atoms with Gasteiger partial charge in [-0.1, -0.05) is 72.8 Å². The van der Waals surface area contributed by atoms with Gasteiger partial charge in [0.25, 0.3) is 5.69 Å². The zero-order valence-corrected chi connectivity index (χ0v) is 15.3. The maximum Gasteiger partial charge on any atom is 0.330 e. The molecule has 0 radical (unpaired) electrons. The van der Waals surface area contributed by atoms with Gasteiger partial charge in [0, 0.05) is 12.1 Å². The predicted octanol–water partition coefficient (Wildman–Crippen LogP) is 3.67. The van der Waals surface area contributed by atoms with E-state index in [1.54, 1.807) is 48.5 Å². The summed E-state index contributed by atoms with van der Waals surface area (Å²) in [5.41, 5.74) is 1.30. The summed E-state index contributed by atoms with van der Waals surface area (Å²) in [5, 5.41) is 23.2. The first-order chi connectivity index (χ1) is 14.0. The second-order valence-corrected chi connectivity index (χ2v) is 6.39. The van der Waals surface area contributed by atoms with Crippen LogP contribution in [0.4, 0.5) is 5.69 Å². The minimum Gasteiger partial charge on any atom is -0.479 e. The molecule has 29 heavy (non-hydrogen) atoms. The van der Waals surface area contributed by atoms with E-state index in [4.69, 9.17) is 0 Å². The van der Waals surface area contributed by atoms with Crippen LogP contribution in [0.15, 0.2) is 84.9 Å². The molecule has 0 heterocycles. The second-order valence-electron chi connectivity index (χ2n) is 6.39. The van der Waals surface area contributed by atoms with Gasteiger partial charge in [-0.05, 0) is 16.7 Å². The van der Waals surface area contributed by atoms with Gasteiger partial charge in [0.2, 0.25) is 5.91 Å². The summed E-state index contributed by atoms with van der Waals surface area (Å²) in [4.78, 5) is 35.4. The Labute approximate surface area is 166 Å². The average Bonchev–Trinajstić information content (AvgIpc) is 2.73. The fraction of sp³-hybridized carbons (Fsp3) is 0.0909. The maximum atomic E-state index is 13.1. The van der Waals surface area contributed by atoms with Crippen molar-refractivity contribution in [2.75, 3.05) is 0 Å². The molecule has 1 amide bonds. The summed E-state index contributed by atoms with van der Waals surface area (Å²) in [6.45, 7) is 0. The molecule has 0 unspecified atom stereocenters. The van der Waals surface area contributed by atoms with Crippen LogP contribution in [0, 0.1) is 10.1 Å². The number of hydrogen-bond acceptors (Lipinski definition) is 4.